The summed E-state index contributed by atoms with van der Waals surface area (Å²) in [5.74, 6) is 0.222. The van der Waals surface area contributed by atoms with E-state index >= 15 is 0 Å². The SMILES string of the molecule is C[C@H]([C@H](O)c1ccc(O)cc1)N1CCN(C(c2ccccc2)c2ccccc2)CC1. The summed E-state index contributed by atoms with van der Waals surface area (Å²) in [6.45, 7) is 5.79. The molecule has 0 aliphatic carbocycles. The molecule has 0 radical (unpaired) electrons. The summed E-state index contributed by atoms with van der Waals surface area (Å²) >= 11 is 0. The third-order valence-electron chi connectivity index (χ3n) is 6.21. The lowest BCUT2D eigenvalue weighted by Gasteiger charge is -2.43. The van der Waals surface area contributed by atoms with Gasteiger partial charge in [0, 0.05) is 32.2 Å². The number of nitrogens with zero attached hydrogens (tertiary/aromatic N) is 2. The van der Waals surface area contributed by atoms with Gasteiger partial charge >= 0.3 is 0 Å². The average molecular weight is 403 g/mol. The van der Waals surface area contributed by atoms with Crippen LogP contribution in [0.2, 0.25) is 0 Å². The number of aliphatic hydroxyl groups is 1. The number of benzene rings is 3. The van der Waals surface area contributed by atoms with Crippen LogP contribution >= 0.6 is 0 Å². The van der Waals surface area contributed by atoms with E-state index in [1.807, 2.05) is 0 Å². The molecular weight excluding hydrogens is 372 g/mol. The molecule has 156 valence electrons. The highest BCUT2D eigenvalue weighted by Crippen LogP contribution is 2.31. The van der Waals surface area contributed by atoms with Gasteiger partial charge in [0.05, 0.1) is 12.1 Å². The van der Waals surface area contributed by atoms with Crippen LogP contribution in [-0.2, 0) is 0 Å². The number of rotatable bonds is 6. The molecule has 0 spiro atoms. The van der Waals surface area contributed by atoms with Gasteiger partial charge in [0.2, 0.25) is 0 Å². The third-order valence-corrected chi connectivity index (χ3v) is 6.21. The molecule has 1 aliphatic heterocycles. The lowest BCUT2D eigenvalue weighted by molar-refractivity contribution is 0.0195. The van der Waals surface area contributed by atoms with Crippen molar-refractivity contribution in [2.24, 2.45) is 0 Å². The van der Waals surface area contributed by atoms with Crippen molar-refractivity contribution in [2.75, 3.05) is 26.2 Å². The fraction of sp³-hybridized carbons (Fsp3) is 0.308. The summed E-state index contributed by atoms with van der Waals surface area (Å²) in [4.78, 5) is 4.90. The molecule has 1 saturated heterocycles. The van der Waals surface area contributed by atoms with E-state index < -0.39 is 6.10 Å². The van der Waals surface area contributed by atoms with Crippen LogP contribution in [0.3, 0.4) is 0 Å². The van der Waals surface area contributed by atoms with Crippen LogP contribution in [-0.4, -0.2) is 52.2 Å². The molecule has 2 atom stereocenters. The first kappa shape index (κ1) is 20.6. The fourth-order valence-corrected chi connectivity index (χ4v) is 4.44. The standard InChI is InChI=1S/C26H30N2O2/c1-20(26(30)23-12-14-24(29)15-13-23)27-16-18-28(19-17-27)25(21-8-4-2-5-9-21)22-10-6-3-7-11-22/h2-15,20,25-26,29-30H,16-19H2,1H3/t20-,26+/m1/s1. The molecule has 3 aromatic carbocycles. The number of hydrogen-bond donors (Lipinski definition) is 2. The summed E-state index contributed by atoms with van der Waals surface area (Å²) in [5.41, 5.74) is 3.47. The number of piperazine rings is 1. The molecule has 3 aromatic rings. The van der Waals surface area contributed by atoms with Crippen LogP contribution in [0.25, 0.3) is 0 Å². The van der Waals surface area contributed by atoms with E-state index in [2.05, 4.69) is 77.4 Å². The highest BCUT2D eigenvalue weighted by molar-refractivity contribution is 5.32. The van der Waals surface area contributed by atoms with E-state index in [9.17, 15) is 10.2 Å². The molecule has 30 heavy (non-hydrogen) atoms. The second-order valence-electron chi connectivity index (χ2n) is 8.07. The summed E-state index contributed by atoms with van der Waals surface area (Å²) in [7, 11) is 0. The summed E-state index contributed by atoms with van der Waals surface area (Å²) in [5, 5.41) is 20.3. The van der Waals surface area contributed by atoms with E-state index in [1.54, 1.807) is 24.3 Å². The van der Waals surface area contributed by atoms with Gasteiger partial charge in [-0.1, -0.05) is 72.8 Å². The molecule has 0 unspecified atom stereocenters. The van der Waals surface area contributed by atoms with Crippen molar-refractivity contribution >= 4 is 0 Å². The number of phenolic OH excluding ortho intramolecular Hbond substituents is 1. The Morgan fingerprint density at radius 2 is 1.10 bits per heavy atom. The van der Waals surface area contributed by atoms with E-state index in [0.29, 0.717) is 0 Å². The van der Waals surface area contributed by atoms with E-state index in [-0.39, 0.29) is 17.8 Å². The van der Waals surface area contributed by atoms with Crippen molar-refractivity contribution in [2.45, 2.75) is 25.1 Å². The van der Waals surface area contributed by atoms with Crippen molar-refractivity contribution in [1.29, 1.82) is 0 Å². The zero-order valence-electron chi connectivity index (χ0n) is 17.4. The largest absolute Gasteiger partial charge is 0.508 e. The predicted octanol–water partition coefficient (Wildman–Crippen LogP) is 4.22. The summed E-state index contributed by atoms with van der Waals surface area (Å²) in [6.07, 6.45) is -0.573. The Morgan fingerprint density at radius 1 is 0.633 bits per heavy atom. The lowest BCUT2D eigenvalue weighted by Crippen LogP contribution is -2.51. The number of phenols is 1. The van der Waals surface area contributed by atoms with Crippen LogP contribution in [0.5, 0.6) is 5.75 Å². The Hall–Kier alpha value is -2.66. The van der Waals surface area contributed by atoms with Gasteiger partial charge in [-0.25, -0.2) is 0 Å². The molecule has 4 nitrogen and oxygen atoms in total. The summed E-state index contributed by atoms with van der Waals surface area (Å²) < 4.78 is 0. The third kappa shape index (κ3) is 4.57. The van der Waals surface area contributed by atoms with E-state index in [0.717, 1.165) is 31.7 Å². The monoisotopic (exact) mass is 402 g/mol. The highest BCUT2D eigenvalue weighted by atomic mass is 16.3. The smallest absolute Gasteiger partial charge is 0.115 e. The van der Waals surface area contributed by atoms with Crippen LogP contribution in [0.15, 0.2) is 84.9 Å². The zero-order valence-corrected chi connectivity index (χ0v) is 17.4. The molecule has 0 amide bonds. The van der Waals surface area contributed by atoms with Gasteiger partial charge in [-0.05, 0) is 35.7 Å². The Bertz CT molecular complexity index is 867. The molecule has 1 fully saturated rings. The highest BCUT2D eigenvalue weighted by Gasteiger charge is 2.30. The van der Waals surface area contributed by atoms with Crippen molar-refractivity contribution < 1.29 is 10.2 Å². The molecule has 1 aliphatic rings. The second kappa shape index (κ2) is 9.43. The van der Waals surface area contributed by atoms with Crippen LogP contribution < -0.4 is 0 Å². The number of aromatic hydroxyl groups is 1. The first-order valence-electron chi connectivity index (χ1n) is 10.7. The number of hydrogen-bond acceptors (Lipinski definition) is 4. The van der Waals surface area contributed by atoms with Gasteiger partial charge in [-0.2, -0.15) is 0 Å². The molecular formula is C26H30N2O2. The number of aliphatic hydroxyl groups excluding tert-OH is 1. The molecule has 0 bridgehead atoms. The van der Waals surface area contributed by atoms with Crippen LogP contribution in [0, 0.1) is 0 Å². The van der Waals surface area contributed by atoms with Crippen LogP contribution in [0.1, 0.15) is 35.8 Å². The Labute approximate surface area is 179 Å². The second-order valence-corrected chi connectivity index (χ2v) is 8.07. The predicted molar refractivity (Wildman–Crippen MR) is 120 cm³/mol. The van der Waals surface area contributed by atoms with Gasteiger partial charge in [0.15, 0.2) is 0 Å². The van der Waals surface area contributed by atoms with Crippen molar-refractivity contribution in [1.82, 2.24) is 9.80 Å². The molecule has 2 N–H and O–H groups in total. The topological polar surface area (TPSA) is 46.9 Å². The van der Waals surface area contributed by atoms with Gasteiger partial charge in [-0.3, -0.25) is 9.80 Å². The molecule has 0 saturated carbocycles. The Balaban J connectivity index is 1.46. The summed E-state index contributed by atoms with van der Waals surface area (Å²) in [6, 6.07) is 28.5. The minimum Gasteiger partial charge on any atom is -0.508 e. The minimum absolute atomic E-state index is 0.0172. The van der Waals surface area contributed by atoms with E-state index in [4.69, 9.17) is 0 Å². The fourth-order valence-electron chi connectivity index (χ4n) is 4.44. The maximum Gasteiger partial charge on any atom is 0.115 e. The minimum atomic E-state index is -0.573. The van der Waals surface area contributed by atoms with Crippen LogP contribution in [0.4, 0.5) is 0 Å². The maximum absolute atomic E-state index is 10.8. The molecule has 0 aromatic heterocycles. The van der Waals surface area contributed by atoms with Crippen molar-refractivity contribution in [3.63, 3.8) is 0 Å². The maximum atomic E-state index is 10.8. The Morgan fingerprint density at radius 3 is 1.60 bits per heavy atom. The zero-order chi connectivity index (χ0) is 20.9. The van der Waals surface area contributed by atoms with E-state index in [1.165, 1.54) is 11.1 Å². The normalized spacial score (nSPS) is 17.7. The molecule has 4 heteroatoms. The molecule has 1 heterocycles. The van der Waals surface area contributed by atoms with Gasteiger partial charge in [0.1, 0.15) is 5.75 Å². The van der Waals surface area contributed by atoms with Gasteiger partial charge < -0.3 is 10.2 Å². The quantitative estimate of drug-likeness (QED) is 0.648. The van der Waals surface area contributed by atoms with Crippen molar-refractivity contribution in [3.8, 4) is 5.75 Å². The lowest BCUT2D eigenvalue weighted by atomic mass is 9.96. The van der Waals surface area contributed by atoms with Gasteiger partial charge in [0.25, 0.3) is 0 Å². The average Bonchev–Trinajstić information content (AvgIpc) is 2.81. The Kier molecular flexibility index (Phi) is 6.48. The first-order valence-corrected chi connectivity index (χ1v) is 10.7. The molecule has 4 rings (SSSR count). The van der Waals surface area contributed by atoms with Crippen molar-refractivity contribution in [3.05, 3.63) is 102 Å². The van der Waals surface area contributed by atoms with Gasteiger partial charge in [-0.15, -0.1) is 0 Å². The first-order chi connectivity index (χ1) is 14.6.